The van der Waals surface area contributed by atoms with Gasteiger partial charge in [-0.2, -0.15) is 0 Å². The lowest BCUT2D eigenvalue weighted by Gasteiger charge is -2.11. The van der Waals surface area contributed by atoms with Crippen molar-refractivity contribution in [1.82, 2.24) is 0 Å². The van der Waals surface area contributed by atoms with Gasteiger partial charge in [0, 0.05) is 18.6 Å². The summed E-state index contributed by atoms with van der Waals surface area (Å²) >= 11 is 0. The maximum absolute atomic E-state index is 11.1. The monoisotopic (exact) mass is 249 g/mol. The Kier molecular flexibility index (Phi) is 4.92. The van der Waals surface area contributed by atoms with Crippen LogP contribution in [0.4, 0.5) is 5.69 Å². The molecule has 5 nitrogen and oxygen atoms in total. The minimum Gasteiger partial charge on any atom is -0.495 e. The normalized spacial score (nSPS) is 10.2. The third-order valence-electron chi connectivity index (χ3n) is 2.18. The summed E-state index contributed by atoms with van der Waals surface area (Å²) in [6.45, 7) is 1.40. The zero-order chi connectivity index (χ0) is 13.5. The van der Waals surface area contributed by atoms with Crippen molar-refractivity contribution in [2.75, 3.05) is 19.5 Å². The molecule has 0 heterocycles. The Balaban J connectivity index is 3.13. The van der Waals surface area contributed by atoms with E-state index >= 15 is 0 Å². The van der Waals surface area contributed by atoms with E-state index in [0.717, 1.165) is 0 Å². The molecule has 1 aromatic rings. The van der Waals surface area contributed by atoms with E-state index in [1.165, 1.54) is 27.2 Å². The molecule has 0 radical (unpaired) electrons. The number of hydrogen-bond acceptors (Lipinski definition) is 4. The van der Waals surface area contributed by atoms with Gasteiger partial charge in [0.25, 0.3) is 0 Å². The van der Waals surface area contributed by atoms with Gasteiger partial charge in [-0.25, -0.2) is 4.79 Å². The van der Waals surface area contributed by atoms with E-state index < -0.39 is 5.97 Å². The number of amides is 1. The fraction of sp³-hybridized carbons (Fsp3) is 0.231. The van der Waals surface area contributed by atoms with Crippen LogP contribution in [0.5, 0.6) is 5.75 Å². The van der Waals surface area contributed by atoms with Crippen molar-refractivity contribution in [3.63, 3.8) is 0 Å². The van der Waals surface area contributed by atoms with Gasteiger partial charge in [-0.1, -0.05) is 12.1 Å². The Bertz CT molecular complexity index is 480. The molecular formula is C13H15NO4. The number of para-hydroxylation sites is 1. The van der Waals surface area contributed by atoms with E-state index in [9.17, 15) is 9.59 Å². The van der Waals surface area contributed by atoms with E-state index in [2.05, 4.69) is 10.1 Å². The van der Waals surface area contributed by atoms with Gasteiger partial charge < -0.3 is 14.8 Å². The molecule has 0 spiro atoms. The van der Waals surface area contributed by atoms with Crippen LogP contribution in [0.3, 0.4) is 0 Å². The lowest BCUT2D eigenvalue weighted by atomic mass is 10.1. The van der Waals surface area contributed by atoms with Crippen LogP contribution in [-0.4, -0.2) is 26.1 Å². The zero-order valence-electron chi connectivity index (χ0n) is 10.5. The molecule has 0 saturated carbocycles. The first-order valence-corrected chi connectivity index (χ1v) is 5.29. The smallest absolute Gasteiger partial charge is 0.330 e. The molecule has 0 saturated heterocycles. The van der Waals surface area contributed by atoms with Crippen LogP contribution in [0.2, 0.25) is 0 Å². The second kappa shape index (κ2) is 6.44. The predicted octanol–water partition coefficient (Wildman–Crippen LogP) is 1.84. The Morgan fingerprint density at radius 3 is 2.56 bits per heavy atom. The highest BCUT2D eigenvalue weighted by molar-refractivity contribution is 5.95. The van der Waals surface area contributed by atoms with Crippen LogP contribution >= 0.6 is 0 Å². The van der Waals surface area contributed by atoms with E-state index in [0.29, 0.717) is 17.0 Å². The molecule has 0 unspecified atom stereocenters. The number of anilines is 1. The summed E-state index contributed by atoms with van der Waals surface area (Å²) in [4.78, 5) is 22.2. The van der Waals surface area contributed by atoms with Crippen molar-refractivity contribution in [1.29, 1.82) is 0 Å². The average molecular weight is 249 g/mol. The molecule has 0 fully saturated rings. The molecular weight excluding hydrogens is 234 g/mol. The highest BCUT2D eigenvalue weighted by atomic mass is 16.5. The fourth-order valence-electron chi connectivity index (χ4n) is 1.39. The largest absolute Gasteiger partial charge is 0.495 e. The van der Waals surface area contributed by atoms with Crippen molar-refractivity contribution in [3.8, 4) is 5.75 Å². The average Bonchev–Trinajstić information content (AvgIpc) is 2.36. The van der Waals surface area contributed by atoms with E-state index in [1.807, 2.05) is 0 Å². The van der Waals surface area contributed by atoms with Crippen LogP contribution in [0, 0.1) is 0 Å². The van der Waals surface area contributed by atoms with Crippen molar-refractivity contribution in [3.05, 3.63) is 29.8 Å². The van der Waals surface area contributed by atoms with Gasteiger partial charge >= 0.3 is 5.97 Å². The second-order valence-electron chi connectivity index (χ2n) is 3.46. The van der Waals surface area contributed by atoms with E-state index in [-0.39, 0.29) is 5.91 Å². The minimum atomic E-state index is -0.466. The molecule has 1 aromatic carbocycles. The van der Waals surface area contributed by atoms with E-state index in [1.54, 1.807) is 24.3 Å². The number of carbonyl (C=O) groups excluding carboxylic acids is 2. The Hall–Kier alpha value is -2.30. The molecule has 1 N–H and O–H groups in total. The Morgan fingerprint density at radius 2 is 2.00 bits per heavy atom. The van der Waals surface area contributed by atoms with Crippen molar-refractivity contribution in [2.45, 2.75) is 6.92 Å². The van der Waals surface area contributed by atoms with Crippen LogP contribution in [-0.2, 0) is 14.3 Å². The zero-order valence-corrected chi connectivity index (χ0v) is 10.5. The van der Waals surface area contributed by atoms with Gasteiger partial charge in [-0.05, 0) is 12.1 Å². The molecule has 96 valence electrons. The van der Waals surface area contributed by atoms with Crippen LogP contribution in [0.1, 0.15) is 12.5 Å². The van der Waals surface area contributed by atoms with Gasteiger partial charge in [-0.3, -0.25) is 4.79 Å². The van der Waals surface area contributed by atoms with Crippen molar-refractivity contribution < 1.29 is 19.1 Å². The summed E-state index contributed by atoms with van der Waals surface area (Å²) in [5.41, 5.74) is 1.18. The summed E-state index contributed by atoms with van der Waals surface area (Å²) in [6, 6.07) is 5.25. The number of methoxy groups -OCH3 is 2. The van der Waals surface area contributed by atoms with Gasteiger partial charge in [-0.15, -0.1) is 0 Å². The van der Waals surface area contributed by atoms with Gasteiger partial charge in [0.15, 0.2) is 0 Å². The molecule has 0 aliphatic rings. The summed E-state index contributed by atoms with van der Waals surface area (Å²) in [5, 5.41) is 2.67. The molecule has 0 aliphatic carbocycles. The number of benzene rings is 1. The summed E-state index contributed by atoms with van der Waals surface area (Å²) < 4.78 is 9.66. The Morgan fingerprint density at radius 1 is 1.28 bits per heavy atom. The summed E-state index contributed by atoms with van der Waals surface area (Å²) in [5.74, 6) is -0.156. The molecule has 0 aromatic heterocycles. The van der Waals surface area contributed by atoms with Crippen LogP contribution in [0.25, 0.3) is 6.08 Å². The van der Waals surface area contributed by atoms with Crippen LogP contribution in [0.15, 0.2) is 24.3 Å². The number of nitrogens with one attached hydrogen (secondary N) is 1. The predicted molar refractivity (Wildman–Crippen MR) is 68.3 cm³/mol. The lowest BCUT2D eigenvalue weighted by molar-refractivity contribution is -0.134. The number of hydrogen-bond donors (Lipinski definition) is 1. The molecule has 1 amide bonds. The van der Waals surface area contributed by atoms with Gasteiger partial charge in [0.2, 0.25) is 5.91 Å². The highest BCUT2D eigenvalue weighted by Crippen LogP contribution is 2.29. The SMILES string of the molecule is COC(=O)/C=C/c1cccc(OC)c1NC(C)=O. The molecule has 0 aliphatic heterocycles. The van der Waals surface area contributed by atoms with Gasteiger partial charge in [0.1, 0.15) is 5.75 Å². The minimum absolute atomic E-state index is 0.216. The quantitative estimate of drug-likeness (QED) is 0.653. The van der Waals surface area contributed by atoms with Crippen molar-refractivity contribution in [2.24, 2.45) is 0 Å². The fourth-order valence-corrected chi connectivity index (χ4v) is 1.39. The third-order valence-corrected chi connectivity index (χ3v) is 2.18. The topological polar surface area (TPSA) is 64.6 Å². The first-order chi connectivity index (χ1) is 8.58. The maximum atomic E-state index is 11.1. The van der Waals surface area contributed by atoms with Gasteiger partial charge in [0.05, 0.1) is 19.9 Å². The first-order valence-electron chi connectivity index (χ1n) is 5.29. The highest BCUT2D eigenvalue weighted by Gasteiger charge is 2.08. The molecule has 0 bridgehead atoms. The summed E-state index contributed by atoms with van der Waals surface area (Å²) in [7, 11) is 2.81. The molecule has 18 heavy (non-hydrogen) atoms. The van der Waals surface area contributed by atoms with Crippen molar-refractivity contribution >= 4 is 23.6 Å². The van der Waals surface area contributed by atoms with Crippen LogP contribution < -0.4 is 10.1 Å². The maximum Gasteiger partial charge on any atom is 0.330 e. The lowest BCUT2D eigenvalue weighted by Crippen LogP contribution is -2.08. The van der Waals surface area contributed by atoms with E-state index in [4.69, 9.17) is 4.74 Å². The Labute approximate surface area is 105 Å². The molecule has 1 rings (SSSR count). The first kappa shape index (κ1) is 13.8. The summed E-state index contributed by atoms with van der Waals surface area (Å²) in [6.07, 6.45) is 2.83. The standard InChI is InChI=1S/C13H15NO4/c1-9(15)14-13-10(7-8-12(16)18-3)5-4-6-11(13)17-2/h4-8H,1-3H3,(H,14,15)/b8-7+. The third kappa shape index (κ3) is 3.62. The number of esters is 1. The molecule has 5 heteroatoms. The number of ether oxygens (including phenoxy) is 2. The molecule has 0 atom stereocenters. The number of carbonyl (C=O) groups is 2. The second-order valence-corrected chi connectivity index (χ2v) is 3.46. The number of rotatable bonds is 4.